The zero-order valence-corrected chi connectivity index (χ0v) is 14.6. The van der Waals surface area contributed by atoms with Gasteiger partial charge < -0.3 is 15.0 Å². The van der Waals surface area contributed by atoms with Gasteiger partial charge in [0.1, 0.15) is 0 Å². The van der Waals surface area contributed by atoms with Gasteiger partial charge in [0.15, 0.2) is 0 Å². The highest BCUT2D eigenvalue weighted by Gasteiger charge is 2.63. The Kier molecular flexibility index (Phi) is 3.53. The molecule has 0 aliphatic carbocycles. The summed E-state index contributed by atoms with van der Waals surface area (Å²) < 4.78 is 6.42. The van der Waals surface area contributed by atoms with Gasteiger partial charge in [-0.3, -0.25) is 4.79 Å². The number of hydrogen-bond donors (Lipinski definition) is 1. The Bertz CT molecular complexity index is 769. The number of carbonyl (C=O) groups excluding carboxylic acids is 1. The summed E-state index contributed by atoms with van der Waals surface area (Å²) in [4.78, 5) is 23.3. The fraction of sp³-hybridized carbons (Fsp3) is 0.500. The first kappa shape index (κ1) is 15.3. The molecule has 0 unspecified atom stereocenters. The summed E-state index contributed by atoms with van der Waals surface area (Å²) in [6.07, 6.45) is 6.02. The first-order valence-electron chi connectivity index (χ1n) is 8.75. The van der Waals surface area contributed by atoms with Crippen molar-refractivity contribution in [3.63, 3.8) is 0 Å². The van der Waals surface area contributed by atoms with Gasteiger partial charge in [0.25, 0.3) is 5.91 Å². The van der Waals surface area contributed by atoms with Crippen LogP contribution >= 0.6 is 11.3 Å². The average Bonchev–Trinajstić information content (AvgIpc) is 3.40. The molecule has 4 atom stereocenters. The van der Waals surface area contributed by atoms with E-state index in [0.717, 1.165) is 37.4 Å². The number of anilines is 1. The molecule has 6 nitrogen and oxygen atoms in total. The molecule has 7 heteroatoms. The van der Waals surface area contributed by atoms with Crippen molar-refractivity contribution < 1.29 is 9.53 Å². The van der Waals surface area contributed by atoms with Crippen LogP contribution in [-0.4, -0.2) is 47.2 Å². The molecule has 1 N–H and O–H groups in total. The third-order valence-electron chi connectivity index (χ3n) is 5.90. The van der Waals surface area contributed by atoms with Crippen LogP contribution in [0.4, 0.5) is 5.95 Å². The molecule has 0 aromatic carbocycles. The summed E-state index contributed by atoms with van der Waals surface area (Å²) in [5.41, 5.74) is 0.663. The van der Waals surface area contributed by atoms with Gasteiger partial charge in [-0.1, -0.05) is 0 Å². The molecule has 3 fully saturated rings. The van der Waals surface area contributed by atoms with E-state index in [2.05, 4.69) is 20.2 Å². The largest absolute Gasteiger partial charge is 0.369 e. The molecule has 0 radical (unpaired) electrons. The molecular weight excluding hydrogens is 336 g/mol. The second kappa shape index (κ2) is 5.78. The van der Waals surface area contributed by atoms with Crippen molar-refractivity contribution in [1.29, 1.82) is 0 Å². The molecule has 2 bridgehead atoms. The van der Waals surface area contributed by atoms with Crippen molar-refractivity contribution in [3.05, 3.63) is 40.8 Å². The number of rotatable bonds is 4. The van der Waals surface area contributed by atoms with Gasteiger partial charge in [-0.05, 0) is 30.4 Å². The summed E-state index contributed by atoms with van der Waals surface area (Å²) in [5.74, 6) is 1.58. The second-order valence-corrected chi connectivity index (χ2v) is 7.96. The number of carbonyl (C=O) groups is 1. The Balaban J connectivity index is 1.31. The highest BCUT2D eigenvalue weighted by atomic mass is 32.1. The minimum absolute atomic E-state index is 0.0133. The molecule has 2 aromatic heterocycles. The molecule has 1 spiro atoms. The van der Waals surface area contributed by atoms with Gasteiger partial charge in [-0.15, -0.1) is 0 Å². The number of amides is 1. The van der Waals surface area contributed by atoms with Crippen LogP contribution in [0.5, 0.6) is 0 Å². The summed E-state index contributed by atoms with van der Waals surface area (Å²) in [7, 11) is 0. The first-order valence-corrected chi connectivity index (χ1v) is 9.70. The van der Waals surface area contributed by atoms with E-state index in [9.17, 15) is 4.79 Å². The fourth-order valence-electron chi connectivity index (χ4n) is 4.78. The molecular formula is C18H20N4O2S. The van der Waals surface area contributed by atoms with Crippen molar-refractivity contribution in [1.82, 2.24) is 15.3 Å². The lowest BCUT2D eigenvalue weighted by Crippen LogP contribution is -2.41. The monoisotopic (exact) mass is 356 g/mol. The summed E-state index contributed by atoms with van der Waals surface area (Å²) in [6, 6.07) is 3.70. The zero-order chi connectivity index (χ0) is 16.9. The number of ether oxygens (including phenoxy) is 1. The maximum atomic E-state index is 12.3. The van der Waals surface area contributed by atoms with Crippen LogP contribution in [0.1, 0.15) is 23.2 Å². The SMILES string of the molecule is O=C(NC[C@H]1[C@H]2CN(c3ncccn3)C[C@]23CC[C@H]1O3)c1ccsc1. The van der Waals surface area contributed by atoms with E-state index in [0.29, 0.717) is 18.4 Å². The highest BCUT2D eigenvalue weighted by molar-refractivity contribution is 7.08. The smallest absolute Gasteiger partial charge is 0.252 e. The third kappa shape index (κ3) is 2.45. The minimum Gasteiger partial charge on any atom is -0.369 e. The van der Waals surface area contributed by atoms with Gasteiger partial charge in [-0.25, -0.2) is 9.97 Å². The van der Waals surface area contributed by atoms with E-state index in [-0.39, 0.29) is 17.6 Å². The average molecular weight is 356 g/mol. The highest BCUT2D eigenvalue weighted by Crippen LogP contribution is 2.54. The minimum atomic E-state index is -0.0817. The predicted molar refractivity (Wildman–Crippen MR) is 94.7 cm³/mol. The predicted octanol–water partition coefficient (Wildman–Crippen LogP) is 1.95. The molecule has 5 heterocycles. The standard InChI is InChI=1S/C18H20N4O2S/c23-16(12-3-7-25-10-12)21-8-13-14-9-22(17-19-5-1-6-20-17)11-18(14)4-2-15(13)24-18/h1,3,5-7,10,13-15H,2,4,8-9,11H2,(H,21,23)/t13-,14+,15+,18+/m0/s1. The van der Waals surface area contributed by atoms with Crippen LogP contribution in [0, 0.1) is 11.8 Å². The van der Waals surface area contributed by atoms with Gasteiger partial charge in [0.2, 0.25) is 5.95 Å². The normalized spacial score (nSPS) is 32.8. The number of thiophene rings is 1. The van der Waals surface area contributed by atoms with Gasteiger partial charge >= 0.3 is 0 Å². The second-order valence-electron chi connectivity index (χ2n) is 7.18. The molecule has 0 saturated carbocycles. The summed E-state index contributed by atoms with van der Waals surface area (Å²) >= 11 is 1.54. The number of aromatic nitrogens is 2. The Hall–Kier alpha value is -1.99. The van der Waals surface area contributed by atoms with Crippen molar-refractivity contribution in [2.24, 2.45) is 11.8 Å². The lowest BCUT2D eigenvalue weighted by molar-refractivity contribution is 0.0141. The zero-order valence-electron chi connectivity index (χ0n) is 13.8. The Labute approximate surface area is 150 Å². The first-order chi connectivity index (χ1) is 12.3. The molecule has 130 valence electrons. The molecule has 5 rings (SSSR count). The number of nitrogens with zero attached hydrogens (tertiary/aromatic N) is 3. The lowest BCUT2D eigenvalue weighted by Gasteiger charge is -2.29. The van der Waals surface area contributed by atoms with E-state index < -0.39 is 0 Å². The number of hydrogen-bond acceptors (Lipinski definition) is 6. The van der Waals surface area contributed by atoms with Gasteiger partial charge in [0, 0.05) is 48.3 Å². The molecule has 3 saturated heterocycles. The van der Waals surface area contributed by atoms with Crippen LogP contribution in [0.15, 0.2) is 35.3 Å². The summed E-state index contributed by atoms with van der Waals surface area (Å²) in [5, 5.41) is 6.93. The molecule has 3 aliphatic heterocycles. The van der Waals surface area contributed by atoms with E-state index >= 15 is 0 Å². The molecule has 2 aromatic rings. The van der Waals surface area contributed by atoms with Crippen molar-refractivity contribution in [2.45, 2.75) is 24.5 Å². The Morgan fingerprint density at radius 3 is 3.12 bits per heavy atom. The molecule has 25 heavy (non-hydrogen) atoms. The Morgan fingerprint density at radius 1 is 1.44 bits per heavy atom. The fourth-order valence-corrected chi connectivity index (χ4v) is 5.41. The maximum absolute atomic E-state index is 12.3. The van der Waals surface area contributed by atoms with Crippen LogP contribution in [-0.2, 0) is 4.74 Å². The van der Waals surface area contributed by atoms with Gasteiger partial charge in [-0.2, -0.15) is 11.3 Å². The van der Waals surface area contributed by atoms with E-state index in [1.54, 1.807) is 23.7 Å². The third-order valence-corrected chi connectivity index (χ3v) is 6.58. The van der Waals surface area contributed by atoms with Crippen LogP contribution in [0.3, 0.4) is 0 Å². The maximum Gasteiger partial charge on any atom is 0.252 e. The van der Waals surface area contributed by atoms with Crippen LogP contribution < -0.4 is 10.2 Å². The van der Waals surface area contributed by atoms with Crippen molar-refractivity contribution >= 4 is 23.2 Å². The van der Waals surface area contributed by atoms with E-state index in [1.807, 2.05) is 22.9 Å². The number of nitrogens with one attached hydrogen (secondary N) is 1. The van der Waals surface area contributed by atoms with Crippen molar-refractivity contribution in [3.8, 4) is 0 Å². The quantitative estimate of drug-likeness (QED) is 0.907. The summed E-state index contributed by atoms with van der Waals surface area (Å²) in [6.45, 7) is 2.43. The van der Waals surface area contributed by atoms with Crippen LogP contribution in [0.25, 0.3) is 0 Å². The molecule has 1 amide bonds. The van der Waals surface area contributed by atoms with Gasteiger partial charge in [0.05, 0.1) is 18.2 Å². The number of fused-ring (bicyclic) bond motifs is 1. The topological polar surface area (TPSA) is 67.4 Å². The molecule has 3 aliphatic rings. The van der Waals surface area contributed by atoms with E-state index in [1.165, 1.54) is 0 Å². The lowest BCUT2D eigenvalue weighted by atomic mass is 9.73. The van der Waals surface area contributed by atoms with Crippen LogP contribution in [0.2, 0.25) is 0 Å². The van der Waals surface area contributed by atoms with Crippen molar-refractivity contribution in [2.75, 3.05) is 24.5 Å². The van der Waals surface area contributed by atoms with E-state index in [4.69, 9.17) is 4.74 Å². The Morgan fingerprint density at radius 2 is 2.32 bits per heavy atom.